The highest BCUT2D eigenvalue weighted by Crippen LogP contribution is 2.29. The second-order valence-corrected chi connectivity index (χ2v) is 6.15. The topological polar surface area (TPSA) is 107 Å². The number of nitrogens with one attached hydrogen (secondary N) is 1. The van der Waals surface area contributed by atoms with Gasteiger partial charge in [0.2, 0.25) is 5.91 Å². The second kappa shape index (κ2) is 8.15. The summed E-state index contributed by atoms with van der Waals surface area (Å²) in [5.74, 6) is -0.680. The zero-order chi connectivity index (χ0) is 21.9. The van der Waals surface area contributed by atoms with Crippen LogP contribution in [0.3, 0.4) is 0 Å². The molecule has 0 fully saturated rings. The van der Waals surface area contributed by atoms with Gasteiger partial charge in [-0.1, -0.05) is 12.1 Å². The number of hydrogen-bond donors (Lipinski definition) is 1. The Hall–Kier alpha value is -4.02. The number of non-ortho nitro benzene ring substituents is 1. The van der Waals surface area contributed by atoms with E-state index in [2.05, 4.69) is 10.4 Å². The Morgan fingerprint density at radius 1 is 1.10 bits per heavy atom. The second-order valence-electron chi connectivity index (χ2n) is 6.15. The number of aromatic nitrogens is 2. The van der Waals surface area contributed by atoms with Crippen LogP contribution in [0.2, 0.25) is 0 Å². The number of rotatable bonds is 5. The first-order valence-electron chi connectivity index (χ1n) is 8.43. The predicted octanol–water partition coefficient (Wildman–Crippen LogP) is 3.48. The normalized spacial score (nSPS) is 11.2. The molecule has 0 atom stereocenters. The molecular weight excluding hydrogens is 405 g/mol. The standard InChI is InChI=1S/C19H13F3N4O4/c20-19(21,22)13-4-6-14(7-5-13)23-17(27)11-25-18(28)9-8-16(24-25)12-2-1-3-15(10-12)26(29)30/h1-10H,11H2,(H,23,27). The lowest BCUT2D eigenvalue weighted by Gasteiger charge is -2.10. The number of nitrogens with zero attached hydrogens (tertiary/aromatic N) is 3. The summed E-state index contributed by atoms with van der Waals surface area (Å²) in [6.07, 6.45) is -4.49. The molecule has 1 amide bonds. The zero-order valence-electron chi connectivity index (χ0n) is 15.1. The lowest BCUT2D eigenvalue weighted by atomic mass is 10.1. The maximum Gasteiger partial charge on any atom is 0.416 e. The van der Waals surface area contributed by atoms with Crippen molar-refractivity contribution in [2.24, 2.45) is 0 Å². The maximum absolute atomic E-state index is 12.6. The number of anilines is 1. The molecule has 3 aromatic rings. The summed E-state index contributed by atoms with van der Waals surface area (Å²) < 4.78 is 38.6. The van der Waals surface area contributed by atoms with Crippen molar-refractivity contribution >= 4 is 17.3 Å². The van der Waals surface area contributed by atoms with E-state index in [1.807, 2.05) is 0 Å². The number of nitro groups is 1. The fraction of sp³-hybridized carbons (Fsp3) is 0.105. The Balaban J connectivity index is 1.77. The number of nitro benzene ring substituents is 1. The van der Waals surface area contributed by atoms with Crippen LogP contribution in [0.25, 0.3) is 11.3 Å². The Morgan fingerprint density at radius 3 is 2.43 bits per heavy atom. The molecule has 1 N–H and O–H groups in total. The van der Waals surface area contributed by atoms with Gasteiger partial charge in [-0.15, -0.1) is 0 Å². The molecule has 0 aliphatic carbocycles. The highest BCUT2D eigenvalue weighted by Gasteiger charge is 2.30. The number of benzene rings is 2. The van der Waals surface area contributed by atoms with Crippen molar-refractivity contribution in [2.75, 3.05) is 5.32 Å². The van der Waals surface area contributed by atoms with Crippen LogP contribution in [0, 0.1) is 10.1 Å². The van der Waals surface area contributed by atoms with Crippen molar-refractivity contribution in [1.29, 1.82) is 0 Å². The van der Waals surface area contributed by atoms with Crippen LogP contribution in [0.4, 0.5) is 24.5 Å². The van der Waals surface area contributed by atoms with Crippen molar-refractivity contribution in [3.05, 3.63) is 86.7 Å². The molecule has 2 aromatic carbocycles. The molecule has 0 aliphatic heterocycles. The molecule has 0 saturated carbocycles. The van der Waals surface area contributed by atoms with Crippen LogP contribution in [-0.2, 0) is 17.5 Å². The molecule has 0 bridgehead atoms. The molecule has 0 aliphatic rings. The average Bonchev–Trinajstić information content (AvgIpc) is 2.69. The molecule has 0 radical (unpaired) electrons. The summed E-state index contributed by atoms with van der Waals surface area (Å²) in [4.78, 5) is 34.5. The number of carbonyl (C=O) groups excluding carboxylic acids is 1. The van der Waals surface area contributed by atoms with Crippen LogP contribution in [0.5, 0.6) is 0 Å². The fourth-order valence-corrected chi connectivity index (χ4v) is 2.57. The van der Waals surface area contributed by atoms with Crippen molar-refractivity contribution in [1.82, 2.24) is 9.78 Å². The van der Waals surface area contributed by atoms with Crippen molar-refractivity contribution in [3.63, 3.8) is 0 Å². The zero-order valence-corrected chi connectivity index (χ0v) is 15.1. The predicted molar refractivity (Wildman–Crippen MR) is 101 cm³/mol. The van der Waals surface area contributed by atoms with Gasteiger partial charge in [0.1, 0.15) is 6.54 Å². The van der Waals surface area contributed by atoms with E-state index in [0.717, 1.165) is 35.0 Å². The van der Waals surface area contributed by atoms with Gasteiger partial charge in [-0.25, -0.2) is 4.68 Å². The first kappa shape index (κ1) is 20.7. The third-order valence-electron chi connectivity index (χ3n) is 4.01. The first-order valence-corrected chi connectivity index (χ1v) is 8.43. The number of alkyl halides is 3. The largest absolute Gasteiger partial charge is 0.416 e. The summed E-state index contributed by atoms with van der Waals surface area (Å²) in [6.45, 7) is -0.497. The quantitative estimate of drug-likeness (QED) is 0.504. The summed E-state index contributed by atoms with van der Waals surface area (Å²) in [5, 5.41) is 17.3. The Labute approximate surface area is 166 Å². The SMILES string of the molecule is O=C(Cn1nc(-c2cccc([N+](=O)[O-])c2)ccc1=O)Nc1ccc(C(F)(F)F)cc1. The summed E-state index contributed by atoms with van der Waals surface area (Å²) >= 11 is 0. The lowest BCUT2D eigenvalue weighted by molar-refractivity contribution is -0.384. The van der Waals surface area contributed by atoms with Crippen molar-refractivity contribution in [2.45, 2.75) is 12.7 Å². The highest BCUT2D eigenvalue weighted by molar-refractivity contribution is 5.90. The van der Waals surface area contributed by atoms with Gasteiger partial charge < -0.3 is 5.32 Å². The van der Waals surface area contributed by atoms with E-state index in [4.69, 9.17) is 0 Å². The maximum atomic E-state index is 12.6. The minimum Gasteiger partial charge on any atom is -0.324 e. The minimum atomic E-state index is -4.49. The molecule has 11 heteroatoms. The van der Waals surface area contributed by atoms with E-state index >= 15 is 0 Å². The molecular formula is C19H13F3N4O4. The van der Waals surface area contributed by atoms with Crippen molar-refractivity contribution < 1.29 is 22.9 Å². The molecule has 3 rings (SSSR count). The summed E-state index contributed by atoms with van der Waals surface area (Å²) in [6, 6.07) is 12.0. The van der Waals surface area contributed by atoms with E-state index in [9.17, 15) is 32.9 Å². The highest BCUT2D eigenvalue weighted by atomic mass is 19.4. The van der Waals surface area contributed by atoms with Crippen LogP contribution in [0.15, 0.2) is 65.5 Å². The van der Waals surface area contributed by atoms with Crippen LogP contribution >= 0.6 is 0 Å². The lowest BCUT2D eigenvalue weighted by Crippen LogP contribution is -2.29. The van der Waals surface area contributed by atoms with Crippen LogP contribution in [0.1, 0.15) is 5.56 Å². The summed E-state index contributed by atoms with van der Waals surface area (Å²) in [5.41, 5.74) is -0.875. The molecule has 0 saturated heterocycles. The Bertz CT molecular complexity index is 1160. The van der Waals surface area contributed by atoms with Gasteiger partial charge in [-0.3, -0.25) is 19.7 Å². The van der Waals surface area contributed by atoms with Gasteiger partial charge in [-0.05, 0) is 30.3 Å². The van der Waals surface area contributed by atoms with Gasteiger partial charge >= 0.3 is 6.18 Å². The third-order valence-corrected chi connectivity index (χ3v) is 4.01. The van der Waals surface area contributed by atoms with E-state index in [0.29, 0.717) is 5.56 Å². The number of amides is 1. The molecule has 30 heavy (non-hydrogen) atoms. The average molecular weight is 418 g/mol. The van der Waals surface area contributed by atoms with Gasteiger partial charge in [0.25, 0.3) is 11.2 Å². The number of halogens is 3. The molecule has 8 nitrogen and oxygen atoms in total. The fourth-order valence-electron chi connectivity index (χ4n) is 2.57. The first-order chi connectivity index (χ1) is 14.1. The monoisotopic (exact) mass is 418 g/mol. The number of carbonyl (C=O) groups is 1. The van der Waals surface area contributed by atoms with Gasteiger partial charge in [0, 0.05) is 29.4 Å². The summed E-state index contributed by atoms with van der Waals surface area (Å²) in [7, 11) is 0. The minimum absolute atomic E-state index is 0.121. The van der Waals surface area contributed by atoms with Crippen LogP contribution in [-0.4, -0.2) is 20.6 Å². The van der Waals surface area contributed by atoms with Crippen LogP contribution < -0.4 is 10.9 Å². The Morgan fingerprint density at radius 2 is 1.80 bits per heavy atom. The third kappa shape index (κ3) is 4.87. The van der Waals surface area contributed by atoms with Gasteiger partial charge in [0.15, 0.2) is 0 Å². The smallest absolute Gasteiger partial charge is 0.324 e. The Kier molecular flexibility index (Phi) is 5.63. The van der Waals surface area contributed by atoms with E-state index in [-0.39, 0.29) is 17.1 Å². The molecule has 1 heterocycles. The number of hydrogen-bond acceptors (Lipinski definition) is 5. The molecule has 0 spiro atoms. The molecule has 0 unspecified atom stereocenters. The van der Waals surface area contributed by atoms with Gasteiger partial charge in [-0.2, -0.15) is 18.3 Å². The van der Waals surface area contributed by atoms with Gasteiger partial charge in [0.05, 0.1) is 16.2 Å². The molecule has 154 valence electrons. The van der Waals surface area contributed by atoms with E-state index < -0.39 is 34.7 Å². The molecule has 1 aromatic heterocycles. The van der Waals surface area contributed by atoms with Crippen molar-refractivity contribution in [3.8, 4) is 11.3 Å². The van der Waals surface area contributed by atoms with E-state index in [1.54, 1.807) is 6.07 Å². The van der Waals surface area contributed by atoms with E-state index in [1.165, 1.54) is 24.3 Å².